The largest absolute Gasteiger partial charge is 0.309 e. The SMILES string of the molecule is Cc1nc2sc(Br)c([N+](=O)[O-])c2c(=O)n1C1CCC(=O)NC1=O. The minimum absolute atomic E-state index is 0.0930. The van der Waals surface area contributed by atoms with E-state index in [4.69, 9.17) is 0 Å². The number of aromatic nitrogens is 2. The number of imide groups is 1. The van der Waals surface area contributed by atoms with E-state index in [1.54, 1.807) is 6.92 Å². The first kappa shape index (κ1) is 15.7. The third-order valence-corrected chi connectivity index (χ3v) is 5.29. The van der Waals surface area contributed by atoms with Gasteiger partial charge in [-0.15, -0.1) is 11.3 Å². The van der Waals surface area contributed by atoms with E-state index >= 15 is 0 Å². The lowest BCUT2D eigenvalue weighted by molar-refractivity contribution is -0.383. The maximum Gasteiger partial charge on any atom is 0.309 e. The topological polar surface area (TPSA) is 124 Å². The van der Waals surface area contributed by atoms with Crippen LogP contribution in [0.4, 0.5) is 5.69 Å². The van der Waals surface area contributed by atoms with Gasteiger partial charge in [0.05, 0.1) is 4.92 Å². The molecule has 11 heteroatoms. The zero-order valence-electron chi connectivity index (χ0n) is 11.7. The molecule has 0 saturated carbocycles. The predicted octanol–water partition coefficient (Wildman–Crippen LogP) is 1.41. The van der Waals surface area contributed by atoms with Crippen LogP contribution < -0.4 is 10.9 Å². The number of aryl methyl sites for hydroxylation is 1. The van der Waals surface area contributed by atoms with Crippen molar-refractivity contribution in [3.8, 4) is 0 Å². The zero-order chi connectivity index (χ0) is 16.9. The van der Waals surface area contributed by atoms with E-state index in [0.717, 1.165) is 15.9 Å². The number of fused-ring (bicyclic) bond motifs is 1. The number of halogens is 1. The fourth-order valence-electron chi connectivity index (χ4n) is 2.58. The van der Waals surface area contributed by atoms with E-state index in [-0.39, 0.29) is 38.4 Å². The molecule has 1 N–H and O–H groups in total. The number of thiophene rings is 1. The van der Waals surface area contributed by atoms with Gasteiger partial charge in [-0.25, -0.2) is 4.98 Å². The molecule has 2 amide bonds. The zero-order valence-corrected chi connectivity index (χ0v) is 14.1. The van der Waals surface area contributed by atoms with Crippen LogP contribution in [0.3, 0.4) is 0 Å². The first-order valence-electron chi connectivity index (χ1n) is 6.50. The number of hydrogen-bond acceptors (Lipinski definition) is 7. The summed E-state index contributed by atoms with van der Waals surface area (Å²) in [7, 11) is 0. The van der Waals surface area contributed by atoms with E-state index in [9.17, 15) is 24.5 Å². The summed E-state index contributed by atoms with van der Waals surface area (Å²) in [5.41, 5.74) is -1.01. The fourth-order valence-corrected chi connectivity index (χ4v) is 4.29. The van der Waals surface area contributed by atoms with Gasteiger partial charge in [0.1, 0.15) is 16.7 Å². The Morgan fingerprint density at radius 1 is 1.43 bits per heavy atom. The average molecular weight is 401 g/mol. The molecule has 1 aliphatic rings. The van der Waals surface area contributed by atoms with Crippen molar-refractivity contribution in [1.82, 2.24) is 14.9 Å². The van der Waals surface area contributed by atoms with Crippen LogP contribution in [0.5, 0.6) is 0 Å². The second-order valence-corrected chi connectivity index (χ2v) is 7.28. The Hall–Kier alpha value is -2.14. The molecule has 1 saturated heterocycles. The number of carbonyl (C=O) groups is 2. The summed E-state index contributed by atoms with van der Waals surface area (Å²) in [4.78, 5) is 51.0. The standard InChI is InChI=1S/C12H9BrN4O5S/c1-4-14-11-7(8(17(21)22)9(13)23-11)12(20)16(4)5-2-3-6(18)15-10(5)19/h5H,2-3H2,1H3,(H,15,18,19). The summed E-state index contributed by atoms with van der Waals surface area (Å²) in [5.74, 6) is -0.750. The number of rotatable bonds is 2. The third-order valence-electron chi connectivity index (χ3n) is 3.57. The summed E-state index contributed by atoms with van der Waals surface area (Å²) in [6, 6.07) is -0.907. The second kappa shape index (κ2) is 5.49. The quantitative estimate of drug-likeness (QED) is 0.461. The number of nitrogens with one attached hydrogen (secondary N) is 1. The molecule has 3 rings (SSSR count). The van der Waals surface area contributed by atoms with Gasteiger partial charge < -0.3 is 0 Å². The van der Waals surface area contributed by atoms with Gasteiger partial charge in [0.25, 0.3) is 5.56 Å². The third kappa shape index (κ3) is 2.45. The predicted molar refractivity (Wildman–Crippen MR) is 84.4 cm³/mol. The molecule has 0 radical (unpaired) electrons. The smallest absolute Gasteiger partial charge is 0.295 e. The highest BCUT2D eigenvalue weighted by molar-refractivity contribution is 9.11. The van der Waals surface area contributed by atoms with Crippen molar-refractivity contribution >= 4 is 55.0 Å². The van der Waals surface area contributed by atoms with Crippen molar-refractivity contribution < 1.29 is 14.5 Å². The monoisotopic (exact) mass is 400 g/mol. The Kier molecular flexibility index (Phi) is 3.76. The maximum absolute atomic E-state index is 12.8. The van der Waals surface area contributed by atoms with Crippen molar-refractivity contribution in [1.29, 1.82) is 0 Å². The van der Waals surface area contributed by atoms with Gasteiger partial charge in [0.15, 0.2) is 9.17 Å². The van der Waals surface area contributed by atoms with Crippen LogP contribution in [0.15, 0.2) is 8.58 Å². The molecule has 9 nitrogen and oxygen atoms in total. The Labute approximate surface area is 140 Å². The molecule has 0 spiro atoms. The summed E-state index contributed by atoms with van der Waals surface area (Å²) in [6.45, 7) is 1.55. The molecular weight excluding hydrogens is 392 g/mol. The van der Waals surface area contributed by atoms with Gasteiger partial charge in [-0.05, 0) is 29.3 Å². The molecule has 2 aromatic heterocycles. The molecule has 23 heavy (non-hydrogen) atoms. The highest BCUT2D eigenvalue weighted by Gasteiger charge is 2.33. The fraction of sp³-hybridized carbons (Fsp3) is 0.333. The summed E-state index contributed by atoms with van der Waals surface area (Å²) in [6.07, 6.45) is 0.244. The van der Waals surface area contributed by atoms with E-state index in [1.807, 2.05) is 0 Å². The molecule has 1 aliphatic heterocycles. The van der Waals surface area contributed by atoms with Gasteiger partial charge >= 0.3 is 5.69 Å². The van der Waals surface area contributed by atoms with Crippen molar-refractivity contribution in [2.75, 3.05) is 0 Å². The minimum atomic E-state index is -0.907. The van der Waals surface area contributed by atoms with Gasteiger partial charge in [-0.2, -0.15) is 0 Å². The Balaban J connectivity index is 2.28. The summed E-state index contributed by atoms with van der Waals surface area (Å²) < 4.78 is 1.32. The lowest BCUT2D eigenvalue weighted by Crippen LogP contribution is -2.45. The lowest BCUT2D eigenvalue weighted by atomic mass is 10.1. The Morgan fingerprint density at radius 3 is 2.74 bits per heavy atom. The van der Waals surface area contributed by atoms with Crippen LogP contribution in [0.2, 0.25) is 0 Å². The highest BCUT2D eigenvalue weighted by atomic mass is 79.9. The molecule has 0 aliphatic carbocycles. The minimum Gasteiger partial charge on any atom is -0.295 e. The molecular formula is C12H9BrN4O5S. The van der Waals surface area contributed by atoms with E-state index < -0.39 is 28.3 Å². The van der Waals surface area contributed by atoms with Crippen LogP contribution in [-0.4, -0.2) is 26.3 Å². The molecule has 0 aromatic carbocycles. The number of carbonyl (C=O) groups excluding carboxylic acids is 2. The van der Waals surface area contributed by atoms with Crippen LogP contribution in [-0.2, 0) is 9.59 Å². The molecule has 1 atom stereocenters. The maximum atomic E-state index is 12.8. The molecule has 1 fully saturated rings. The molecule has 3 heterocycles. The summed E-state index contributed by atoms with van der Waals surface area (Å²) >= 11 is 4.06. The van der Waals surface area contributed by atoms with Crippen molar-refractivity contribution in [3.05, 3.63) is 30.1 Å². The number of piperidine rings is 1. The van der Waals surface area contributed by atoms with Crippen LogP contribution in [0.25, 0.3) is 10.2 Å². The van der Waals surface area contributed by atoms with E-state index in [0.29, 0.717) is 0 Å². The van der Waals surface area contributed by atoms with Gasteiger partial charge in [-0.1, -0.05) is 0 Å². The summed E-state index contributed by atoms with van der Waals surface area (Å²) in [5, 5.41) is 13.2. The van der Waals surface area contributed by atoms with Crippen LogP contribution in [0, 0.1) is 17.0 Å². The van der Waals surface area contributed by atoms with E-state index in [1.165, 1.54) is 0 Å². The van der Waals surface area contributed by atoms with Crippen LogP contribution in [0.1, 0.15) is 24.7 Å². The normalized spacial score (nSPS) is 18.3. The first-order valence-corrected chi connectivity index (χ1v) is 8.11. The second-order valence-electron chi connectivity index (χ2n) is 4.96. The molecule has 0 bridgehead atoms. The van der Waals surface area contributed by atoms with Crippen molar-refractivity contribution in [2.24, 2.45) is 0 Å². The lowest BCUT2D eigenvalue weighted by Gasteiger charge is -2.23. The average Bonchev–Trinajstić information content (AvgIpc) is 2.77. The van der Waals surface area contributed by atoms with Crippen molar-refractivity contribution in [2.45, 2.75) is 25.8 Å². The van der Waals surface area contributed by atoms with Gasteiger partial charge in [0.2, 0.25) is 11.8 Å². The molecule has 120 valence electrons. The highest BCUT2D eigenvalue weighted by Crippen LogP contribution is 2.38. The number of amides is 2. The molecule has 1 unspecified atom stereocenters. The molecule has 2 aromatic rings. The number of nitro groups is 1. The number of hydrogen-bond donors (Lipinski definition) is 1. The Bertz CT molecular complexity index is 934. The first-order chi connectivity index (χ1) is 10.8. The van der Waals surface area contributed by atoms with Gasteiger partial charge in [0, 0.05) is 6.42 Å². The Morgan fingerprint density at radius 2 is 2.13 bits per heavy atom. The van der Waals surface area contributed by atoms with Crippen LogP contribution >= 0.6 is 27.3 Å². The van der Waals surface area contributed by atoms with Crippen molar-refractivity contribution in [3.63, 3.8) is 0 Å². The van der Waals surface area contributed by atoms with Gasteiger partial charge in [-0.3, -0.25) is 34.4 Å². The number of nitrogens with zero attached hydrogens (tertiary/aromatic N) is 3. The van der Waals surface area contributed by atoms with E-state index in [2.05, 4.69) is 26.2 Å².